The summed E-state index contributed by atoms with van der Waals surface area (Å²) in [6.07, 6.45) is 1.66. The second-order valence-corrected chi connectivity index (χ2v) is 6.15. The van der Waals surface area contributed by atoms with E-state index in [2.05, 4.69) is 20.6 Å². The zero-order valence-electron chi connectivity index (χ0n) is 15.3. The molecule has 0 spiro atoms. The third-order valence-corrected chi connectivity index (χ3v) is 4.08. The van der Waals surface area contributed by atoms with Gasteiger partial charge in [0, 0.05) is 23.9 Å². The van der Waals surface area contributed by atoms with Crippen LogP contribution in [0.1, 0.15) is 33.3 Å². The first-order valence-corrected chi connectivity index (χ1v) is 8.74. The molecule has 2 N–H and O–H groups in total. The summed E-state index contributed by atoms with van der Waals surface area (Å²) in [5, 5.41) is 5.77. The third kappa shape index (κ3) is 4.97. The van der Waals surface area contributed by atoms with Crippen LogP contribution in [0.4, 0.5) is 15.9 Å². The molecule has 0 radical (unpaired) electrons. The second-order valence-electron chi connectivity index (χ2n) is 6.15. The minimum atomic E-state index is -0.376. The Morgan fingerprint density at radius 2 is 1.86 bits per heavy atom. The number of carbonyl (C=O) groups is 2. The maximum absolute atomic E-state index is 13.6. The van der Waals surface area contributed by atoms with Crippen molar-refractivity contribution in [3.63, 3.8) is 0 Å². The van der Waals surface area contributed by atoms with Gasteiger partial charge in [-0.3, -0.25) is 9.59 Å². The van der Waals surface area contributed by atoms with Crippen molar-refractivity contribution >= 4 is 23.2 Å². The van der Waals surface area contributed by atoms with Gasteiger partial charge in [0.15, 0.2) is 5.78 Å². The molecule has 3 aromatic rings. The molecule has 0 aliphatic rings. The van der Waals surface area contributed by atoms with Gasteiger partial charge in [0.25, 0.3) is 5.91 Å². The fraction of sp³-hybridized carbons (Fsp3) is 0.143. The van der Waals surface area contributed by atoms with Crippen LogP contribution in [0.25, 0.3) is 0 Å². The average molecular weight is 378 g/mol. The van der Waals surface area contributed by atoms with Crippen LogP contribution < -0.4 is 10.6 Å². The largest absolute Gasteiger partial charge is 0.350 e. The maximum atomic E-state index is 13.6. The van der Waals surface area contributed by atoms with E-state index in [1.807, 2.05) is 0 Å². The number of carbonyl (C=O) groups excluding carboxylic acids is 2. The molecule has 0 aliphatic heterocycles. The Balaban J connectivity index is 1.62. The standard InChI is InChI=1S/C21H19FN4O2/c1-14(27)16-6-4-7-17(11-16)26-20-12-19(24-13-25-20)21(28)23-10-9-15-5-2-3-8-18(15)22/h2-8,11-13H,9-10H2,1H3,(H,23,28)(H,24,25,26). The Morgan fingerprint density at radius 3 is 2.64 bits per heavy atom. The number of halogens is 1. The number of hydrogen-bond acceptors (Lipinski definition) is 5. The van der Waals surface area contributed by atoms with E-state index < -0.39 is 0 Å². The van der Waals surface area contributed by atoms with E-state index in [4.69, 9.17) is 0 Å². The molecule has 1 heterocycles. The molecule has 6 nitrogen and oxygen atoms in total. The van der Waals surface area contributed by atoms with Crippen LogP contribution in [-0.2, 0) is 6.42 Å². The average Bonchev–Trinajstić information content (AvgIpc) is 2.70. The monoisotopic (exact) mass is 378 g/mol. The number of rotatable bonds is 7. The molecular formula is C21H19FN4O2. The van der Waals surface area contributed by atoms with Crippen LogP contribution in [0.5, 0.6) is 0 Å². The molecule has 0 atom stereocenters. The fourth-order valence-electron chi connectivity index (χ4n) is 2.62. The Hall–Kier alpha value is -3.61. The molecule has 0 saturated carbocycles. The smallest absolute Gasteiger partial charge is 0.270 e. The van der Waals surface area contributed by atoms with Gasteiger partial charge >= 0.3 is 0 Å². The molecule has 7 heteroatoms. The van der Waals surface area contributed by atoms with E-state index in [1.165, 1.54) is 25.4 Å². The molecule has 142 valence electrons. The summed E-state index contributed by atoms with van der Waals surface area (Å²) in [5.41, 5.74) is 1.98. The third-order valence-electron chi connectivity index (χ3n) is 4.08. The Labute approximate surface area is 161 Å². The zero-order chi connectivity index (χ0) is 19.9. The predicted octanol–water partition coefficient (Wildman–Crippen LogP) is 3.53. The van der Waals surface area contributed by atoms with E-state index in [1.54, 1.807) is 42.5 Å². The first kappa shape index (κ1) is 19.2. The van der Waals surface area contributed by atoms with Crippen LogP contribution in [0.2, 0.25) is 0 Å². The summed E-state index contributed by atoms with van der Waals surface area (Å²) in [6.45, 7) is 1.78. The number of nitrogens with one attached hydrogen (secondary N) is 2. The summed E-state index contributed by atoms with van der Waals surface area (Å²) in [6, 6.07) is 14.9. The van der Waals surface area contributed by atoms with Gasteiger partial charge in [-0.05, 0) is 37.1 Å². The number of nitrogens with zero attached hydrogens (tertiary/aromatic N) is 2. The minimum Gasteiger partial charge on any atom is -0.350 e. The molecule has 0 saturated heterocycles. The normalized spacial score (nSPS) is 10.4. The van der Waals surface area contributed by atoms with Crippen LogP contribution in [0.3, 0.4) is 0 Å². The molecule has 28 heavy (non-hydrogen) atoms. The van der Waals surface area contributed by atoms with Crippen molar-refractivity contribution in [1.82, 2.24) is 15.3 Å². The Kier molecular flexibility index (Phi) is 6.06. The van der Waals surface area contributed by atoms with Gasteiger partial charge in [-0.2, -0.15) is 0 Å². The molecule has 1 amide bonds. The predicted molar refractivity (Wildman–Crippen MR) is 104 cm³/mol. The van der Waals surface area contributed by atoms with Gasteiger partial charge in [-0.25, -0.2) is 14.4 Å². The topological polar surface area (TPSA) is 84.0 Å². The van der Waals surface area contributed by atoms with Gasteiger partial charge in [0.2, 0.25) is 0 Å². The summed E-state index contributed by atoms with van der Waals surface area (Å²) in [5.74, 6) is -0.284. The number of aromatic nitrogens is 2. The van der Waals surface area contributed by atoms with Crippen LogP contribution in [-0.4, -0.2) is 28.2 Å². The number of anilines is 2. The maximum Gasteiger partial charge on any atom is 0.270 e. The summed E-state index contributed by atoms with van der Waals surface area (Å²) < 4.78 is 13.6. The first-order valence-electron chi connectivity index (χ1n) is 8.74. The molecule has 2 aromatic carbocycles. The lowest BCUT2D eigenvalue weighted by molar-refractivity contribution is 0.0948. The lowest BCUT2D eigenvalue weighted by atomic mass is 10.1. The molecule has 1 aromatic heterocycles. The van der Waals surface area contributed by atoms with E-state index in [9.17, 15) is 14.0 Å². The zero-order valence-corrected chi connectivity index (χ0v) is 15.3. The van der Waals surface area contributed by atoms with Crippen molar-refractivity contribution in [2.24, 2.45) is 0 Å². The Bertz CT molecular complexity index is 1010. The molecule has 3 rings (SSSR count). The number of ketones is 1. The van der Waals surface area contributed by atoms with Crippen molar-refractivity contribution in [3.8, 4) is 0 Å². The van der Waals surface area contributed by atoms with E-state index in [0.29, 0.717) is 29.1 Å². The van der Waals surface area contributed by atoms with Gasteiger partial charge in [0.05, 0.1) is 0 Å². The second kappa shape index (κ2) is 8.85. The summed E-state index contributed by atoms with van der Waals surface area (Å²) in [4.78, 5) is 31.9. The molecular weight excluding hydrogens is 359 g/mol. The lowest BCUT2D eigenvalue weighted by Gasteiger charge is -2.09. The summed E-state index contributed by atoms with van der Waals surface area (Å²) >= 11 is 0. The molecule has 0 unspecified atom stereocenters. The van der Waals surface area contributed by atoms with E-state index >= 15 is 0 Å². The molecule has 0 aliphatic carbocycles. The Morgan fingerprint density at radius 1 is 1.04 bits per heavy atom. The number of Topliss-reactive ketones (excluding diaryl/α,β-unsaturated/α-hetero) is 1. The van der Waals surface area contributed by atoms with Gasteiger partial charge in [-0.15, -0.1) is 0 Å². The number of hydrogen-bond donors (Lipinski definition) is 2. The van der Waals surface area contributed by atoms with Crippen molar-refractivity contribution < 1.29 is 14.0 Å². The highest BCUT2D eigenvalue weighted by molar-refractivity contribution is 5.95. The lowest BCUT2D eigenvalue weighted by Crippen LogP contribution is -2.26. The van der Waals surface area contributed by atoms with Crippen molar-refractivity contribution in [1.29, 1.82) is 0 Å². The van der Waals surface area contributed by atoms with Gasteiger partial charge in [0.1, 0.15) is 23.7 Å². The van der Waals surface area contributed by atoms with E-state index in [0.717, 1.165) is 0 Å². The van der Waals surface area contributed by atoms with Crippen molar-refractivity contribution in [3.05, 3.63) is 83.6 Å². The highest BCUT2D eigenvalue weighted by atomic mass is 19.1. The van der Waals surface area contributed by atoms with Crippen molar-refractivity contribution in [2.45, 2.75) is 13.3 Å². The molecule has 0 bridgehead atoms. The highest BCUT2D eigenvalue weighted by Gasteiger charge is 2.10. The fourth-order valence-corrected chi connectivity index (χ4v) is 2.62. The molecule has 0 fully saturated rings. The number of amides is 1. The van der Waals surface area contributed by atoms with Gasteiger partial charge < -0.3 is 10.6 Å². The quantitative estimate of drug-likeness (QED) is 0.615. The van der Waals surface area contributed by atoms with Gasteiger partial charge in [-0.1, -0.05) is 30.3 Å². The minimum absolute atomic E-state index is 0.0405. The van der Waals surface area contributed by atoms with Crippen molar-refractivity contribution in [2.75, 3.05) is 11.9 Å². The SMILES string of the molecule is CC(=O)c1cccc(Nc2cc(C(=O)NCCc3ccccc3F)ncn2)c1. The van der Waals surface area contributed by atoms with Crippen LogP contribution >= 0.6 is 0 Å². The number of benzene rings is 2. The summed E-state index contributed by atoms with van der Waals surface area (Å²) in [7, 11) is 0. The van der Waals surface area contributed by atoms with E-state index in [-0.39, 0.29) is 29.7 Å². The van der Waals surface area contributed by atoms with Crippen LogP contribution in [0.15, 0.2) is 60.9 Å². The highest BCUT2D eigenvalue weighted by Crippen LogP contribution is 2.16. The van der Waals surface area contributed by atoms with Crippen LogP contribution in [0, 0.1) is 5.82 Å². The first-order chi connectivity index (χ1) is 13.5.